The number of H-pyrrole nitrogens is 1. The molecule has 0 radical (unpaired) electrons. The standard InChI is InChI=1S/C15H22N6O5/c1-4-20(5-2)15(24)25-8-11-10(18-19-16)6-12(26-11)21-7-9(3)13(22)17-14(21)23/h7,10-12H,4-6,8H2,1-3H3,(H,17,22,23)/t10-,11+,12+/m0/s1. The molecular weight excluding hydrogens is 344 g/mol. The molecule has 11 nitrogen and oxygen atoms in total. The first kappa shape index (κ1) is 19.5. The zero-order valence-electron chi connectivity index (χ0n) is 14.9. The Kier molecular flexibility index (Phi) is 6.42. The molecule has 3 atom stereocenters. The molecule has 1 N–H and O–H groups in total. The number of hydrogen-bond donors (Lipinski definition) is 1. The molecule has 2 rings (SSSR count). The second-order valence-corrected chi connectivity index (χ2v) is 5.87. The number of hydrogen-bond acceptors (Lipinski definition) is 6. The van der Waals surface area contributed by atoms with Crippen molar-refractivity contribution in [2.45, 2.75) is 45.6 Å². The van der Waals surface area contributed by atoms with Crippen molar-refractivity contribution in [2.75, 3.05) is 19.7 Å². The van der Waals surface area contributed by atoms with E-state index in [4.69, 9.17) is 15.0 Å². The summed E-state index contributed by atoms with van der Waals surface area (Å²) in [6.07, 6.45) is -0.286. The van der Waals surface area contributed by atoms with E-state index in [1.807, 2.05) is 13.8 Å². The van der Waals surface area contributed by atoms with Gasteiger partial charge in [0.25, 0.3) is 5.56 Å². The largest absolute Gasteiger partial charge is 0.447 e. The average molecular weight is 366 g/mol. The average Bonchev–Trinajstić information content (AvgIpc) is 3.00. The number of nitrogens with one attached hydrogen (secondary N) is 1. The van der Waals surface area contributed by atoms with Crippen LogP contribution in [0.25, 0.3) is 10.4 Å². The van der Waals surface area contributed by atoms with Gasteiger partial charge in [-0.25, -0.2) is 9.59 Å². The maximum Gasteiger partial charge on any atom is 0.409 e. The Morgan fingerprint density at radius 1 is 1.50 bits per heavy atom. The maximum absolute atomic E-state index is 12.0. The number of aromatic nitrogens is 2. The Labute approximate surface area is 149 Å². The van der Waals surface area contributed by atoms with Crippen LogP contribution in [0.1, 0.15) is 32.1 Å². The van der Waals surface area contributed by atoms with Gasteiger partial charge in [0.05, 0.1) is 6.04 Å². The molecule has 0 spiro atoms. The lowest BCUT2D eigenvalue weighted by Gasteiger charge is -2.21. The van der Waals surface area contributed by atoms with Crippen LogP contribution in [-0.2, 0) is 9.47 Å². The smallest absolute Gasteiger partial charge is 0.409 e. The molecule has 1 aliphatic rings. The van der Waals surface area contributed by atoms with Crippen molar-refractivity contribution in [3.05, 3.63) is 43.0 Å². The van der Waals surface area contributed by atoms with Crippen LogP contribution in [0.5, 0.6) is 0 Å². The van der Waals surface area contributed by atoms with Gasteiger partial charge in [0.1, 0.15) is 18.9 Å². The van der Waals surface area contributed by atoms with Crippen molar-refractivity contribution in [3.63, 3.8) is 0 Å². The van der Waals surface area contributed by atoms with Crippen molar-refractivity contribution >= 4 is 6.09 Å². The highest BCUT2D eigenvalue weighted by Gasteiger charge is 2.37. The van der Waals surface area contributed by atoms with Gasteiger partial charge in [0.2, 0.25) is 0 Å². The molecule has 0 saturated carbocycles. The summed E-state index contributed by atoms with van der Waals surface area (Å²) >= 11 is 0. The molecule has 2 heterocycles. The summed E-state index contributed by atoms with van der Waals surface area (Å²) in [7, 11) is 0. The van der Waals surface area contributed by atoms with Gasteiger partial charge in [0.15, 0.2) is 0 Å². The molecule has 1 aliphatic heterocycles. The number of azide groups is 1. The molecule has 11 heteroatoms. The molecule has 1 aromatic rings. The summed E-state index contributed by atoms with van der Waals surface area (Å²) in [5.74, 6) is 0. The topological polar surface area (TPSA) is 142 Å². The summed E-state index contributed by atoms with van der Waals surface area (Å²) in [4.78, 5) is 42.0. The predicted molar refractivity (Wildman–Crippen MR) is 91.8 cm³/mol. The zero-order chi connectivity index (χ0) is 19.3. The summed E-state index contributed by atoms with van der Waals surface area (Å²) < 4.78 is 12.2. The van der Waals surface area contributed by atoms with Crippen LogP contribution in [0, 0.1) is 6.92 Å². The molecule has 26 heavy (non-hydrogen) atoms. The van der Waals surface area contributed by atoms with Crippen molar-refractivity contribution in [3.8, 4) is 0 Å². The second-order valence-electron chi connectivity index (χ2n) is 5.87. The maximum atomic E-state index is 12.0. The van der Waals surface area contributed by atoms with Gasteiger partial charge in [-0.3, -0.25) is 14.3 Å². The molecule has 0 aromatic carbocycles. The highest BCUT2D eigenvalue weighted by molar-refractivity contribution is 5.67. The minimum Gasteiger partial charge on any atom is -0.447 e. The normalized spacial score (nSPS) is 21.9. The van der Waals surface area contributed by atoms with Crippen LogP contribution in [-0.4, -0.2) is 52.4 Å². The third kappa shape index (κ3) is 4.24. The number of ether oxygens (including phenoxy) is 2. The SMILES string of the molecule is CCN(CC)C(=O)OC[C@H]1O[C@@H](n2cc(C)c(=O)[nH]c2=O)C[C@@H]1N=[N+]=[N-]. The van der Waals surface area contributed by atoms with Crippen LogP contribution in [0.3, 0.4) is 0 Å². The van der Waals surface area contributed by atoms with Gasteiger partial charge in [0, 0.05) is 36.2 Å². The molecule has 142 valence electrons. The van der Waals surface area contributed by atoms with E-state index in [-0.39, 0.29) is 13.0 Å². The van der Waals surface area contributed by atoms with Gasteiger partial charge < -0.3 is 14.4 Å². The summed E-state index contributed by atoms with van der Waals surface area (Å²) in [5.41, 5.74) is 8.01. The Morgan fingerprint density at radius 3 is 2.81 bits per heavy atom. The number of carbonyl (C=O) groups is 1. The number of amides is 1. The molecule has 1 amide bonds. The van der Waals surface area contributed by atoms with E-state index in [1.165, 1.54) is 15.7 Å². The third-order valence-corrected chi connectivity index (χ3v) is 4.25. The van der Waals surface area contributed by atoms with Gasteiger partial charge >= 0.3 is 11.8 Å². The van der Waals surface area contributed by atoms with Crippen LogP contribution in [0.4, 0.5) is 4.79 Å². The van der Waals surface area contributed by atoms with E-state index >= 15 is 0 Å². The minimum atomic E-state index is -0.731. The van der Waals surface area contributed by atoms with Gasteiger partial charge in [-0.05, 0) is 26.3 Å². The van der Waals surface area contributed by atoms with Crippen LogP contribution >= 0.6 is 0 Å². The summed E-state index contributed by atoms with van der Waals surface area (Å²) in [5, 5.41) is 3.68. The fourth-order valence-electron chi connectivity index (χ4n) is 2.75. The van der Waals surface area contributed by atoms with Gasteiger partial charge in [-0.1, -0.05) is 5.11 Å². The lowest BCUT2D eigenvalue weighted by molar-refractivity contribution is -0.0347. The van der Waals surface area contributed by atoms with Crippen LogP contribution < -0.4 is 11.2 Å². The molecule has 1 saturated heterocycles. The zero-order valence-corrected chi connectivity index (χ0v) is 14.9. The van der Waals surface area contributed by atoms with Crippen molar-refractivity contribution in [2.24, 2.45) is 5.11 Å². The Morgan fingerprint density at radius 2 is 2.19 bits per heavy atom. The number of carbonyl (C=O) groups excluding carboxylic acids is 1. The van der Waals surface area contributed by atoms with Crippen molar-refractivity contribution < 1.29 is 14.3 Å². The molecular formula is C15H22N6O5. The van der Waals surface area contributed by atoms with E-state index < -0.39 is 35.7 Å². The lowest BCUT2D eigenvalue weighted by Crippen LogP contribution is -2.35. The van der Waals surface area contributed by atoms with Crippen LogP contribution in [0.15, 0.2) is 20.9 Å². The number of nitrogens with zero attached hydrogens (tertiary/aromatic N) is 5. The van der Waals surface area contributed by atoms with Crippen molar-refractivity contribution in [1.82, 2.24) is 14.5 Å². The predicted octanol–water partition coefficient (Wildman–Crippen LogP) is 1.29. The first-order valence-electron chi connectivity index (χ1n) is 8.34. The number of aromatic amines is 1. The lowest BCUT2D eigenvalue weighted by atomic mass is 10.1. The molecule has 0 aliphatic carbocycles. The summed E-state index contributed by atoms with van der Waals surface area (Å²) in [6, 6.07) is -0.603. The fourth-order valence-corrected chi connectivity index (χ4v) is 2.75. The van der Waals surface area contributed by atoms with E-state index in [2.05, 4.69) is 15.0 Å². The minimum absolute atomic E-state index is 0.105. The second kappa shape index (κ2) is 8.54. The first-order valence-corrected chi connectivity index (χ1v) is 8.34. The molecule has 1 fully saturated rings. The van der Waals surface area contributed by atoms with E-state index in [0.29, 0.717) is 18.7 Å². The quantitative estimate of drug-likeness (QED) is 0.458. The monoisotopic (exact) mass is 366 g/mol. The number of rotatable bonds is 6. The Balaban J connectivity index is 2.14. The third-order valence-electron chi connectivity index (χ3n) is 4.25. The fraction of sp³-hybridized carbons (Fsp3) is 0.667. The number of aryl methyl sites for hydroxylation is 1. The van der Waals surface area contributed by atoms with E-state index in [9.17, 15) is 14.4 Å². The first-order chi connectivity index (χ1) is 12.4. The Bertz CT molecular complexity index is 807. The molecule has 1 aromatic heterocycles. The summed E-state index contributed by atoms with van der Waals surface area (Å²) in [6.45, 7) is 6.15. The van der Waals surface area contributed by atoms with Crippen LogP contribution in [0.2, 0.25) is 0 Å². The Hall–Kier alpha value is -2.78. The van der Waals surface area contributed by atoms with E-state index in [1.54, 1.807) is 6.92 Å². The van der Waals surface area contributed by atoms with Crippen molar-refractivity contribution in [1.29, 1.82) is 0 Å². The highest BCUT2D eigenvalue weighted by atomic mass is 16.6. The van der Waals surface area contributed by atoms with Gasteiger partial charge in [-0.15, -0.1) is 0 Å². The molecule has 0 unspecified atom stereocenters. The molecule has 0 bridgehead atoms. The van der Waals surface area contributed by atoms with Gasteiger partial charge in [-0.2, -0.15) is 0 Å². The van der Waals surface area contributed by atoms with E-state index in [0.717, 1.165) is 0 Å². The highest BCUT2D eigenvalue weighted by Crippen LogP contribution is 2.30.